The molecule has 3 heterocycles. The van der Waals surface area contributed by atoms with E-state index in [0.717, 1.165) is 0 Å². The second-order valence-corrected chi connectivity index (χ2v) is 8.06. The van der Waals surface area contributed by atoms with E-state index in [2.05, 4.69) is 15.4 Å². The van der Waals surface area contributed by atoms with Gasteiger partial charge in [0.15, 0.2) is 5.65 Å². The molecule has 4 rings (SSSR count). The maximum atomic E-state index is 12.7. The minimum absolute atomic E-state index is 0.252. The topological polar surface area (TPSA) is 88.8 Å². The standard InChI is InChI=1S/C16H16ClN5O3S/c17-14-11-16(22-15(20-14)5-6-18-22)19-12-1-3-13(4-2-12)26(23,24)21-7-9-25-10-8-21/h1-6,11,19H,7-10H2. The van der Waals surface area contributed by atoms with Crippen LogP contribution in [0.15, 0.2) is 47.5 Å². The van der Waals surface area contributed by atoms with Gasteiger partial charge in [-0.1, -0.05) is 11.6 Å². The van der Waals surface area contributed by atoms with Crippen LogP contribution in [0.2, 0.25) is 5.15 Å². The Morgan fingerprint density at radius 3 is 2.58 bits per heavy atom. The maximum absolute atomic E-state index is 12.7. The Kier molecular flexibility index (Phi) is 4.53. The number of sulfonamides is 1. The SMILES string of the molecule is O=S(=O)(c1ccc(Nc2cc(Cl)nc3ccnn23)cc1)N1CCOCC1. The highest BCUT2D eigenvalue weighted by Crippen LogP contribution is 2.23. The number of fused-ring (bicyclic) bond motifs is 1. The molecule has 1 aliphatic heterocycles. The third-order valence-corrected chi connectivity index (χ3v) is 6.17. The van der Waals surface area contributed by atoms with Gasteiger partial charge in [-0.2, -0.15) is 13.9 Å². The van der Waals surface area contributed by atoms with Gasteiger partial charge in [-0.15, -0.1) is 0 Å². The predicted octanol–water partition coefficient (Wildman–Crippen LogP) is 2.15. The van der Waals surface area contributed by atoms with Gasteiger partial charge in [0.2, 0.25) is 10.0 Å². The van der Waals surface area contributed by atoms with E-state index in [0.29, 0.717) is 48.6 Å². The van der Waals surface area contributed by atoms with E-state index in [9.17, 15) is 8.42 Å². The first-order valence-corrected chi connectivity index (χ1v) is 9.81. The first kappa shape index (κ1) is 17.2. The summed E-state index contributed by atoms with van der Waals surface area (Å²) in [4.78, 5) is 4.42. The smallest absolute Gasteiger partial charge is 0.243 e. The van der Waals surface area contributed by atoms with Crippen LogP contribution < -0.4 is 5.32 Å². The zero-order chi connectivity index (χ0) is 18.1. The van der Waals surface area contributed by atoms with Gasteiger partial charge in [0.25, 0.3) is 0 Å². The molecule has 10 heteroatoms. The average molecular weight is 394 g/mol. The summed E-state index contributed by atoms with van der Waals surface area (Å²) in [5.74, 6) is 0.633. The molecule has 0 bridgehead atoms. The monoisotopic (exact) mass is 393 g/mol. The highest BCUT2D eigenvalue weighted by molar-refractivity contribution is 7.89. The number of anilines is 2. The van der Waals surface area contributed by atoms with Crippen molar-refractivity contribution in [2.45, 2.75) is 4.90 Å². The summed E-state index contributed by atoms with van der Waals surface area (Å²) in [6.07, 6.45) is 1.63. The lowest BCUT2D eigenvalue weighted by molar-refractivity contribution is 0.0730. The van der Waals surface area contributed by atoms with Gasteiger partial charge < -0.3 is 10.1 Å². The Morgan fingerprint density at radius 1 is 1.12 bits per heavy atom. The summed E-state index contributed by atoms with van der Waals surface area (Å²) < 4.78 is 33.6. The first-order chi connectivity index (χ1) is 12.5. The number of aromatic nitrogens is 3. The fraction of sp³-hybridized carbons (Fsp3) is 0.250. The molecule has 1 fully saturated rings. The highest BCUT2D eigenvalue weighted by atomic mass is 35.5. The number of hydrogen-bond donors (Lipinski definition) is 1. The number of nitrogens with zero attached hydrogens (tertiary/aromatic N) is 4. The van der Waals surface area contributed by atoms with Gasteiger partial charge in [-0.05, 0) is 24.3 Å². The maximum Gasteiger partial charge on any atom is 0.243 e. The summed E-state index contributed by atoms with van der Waals surface area (Å²) in [5.41, 5.74) is 1.33. The van der Waals surface area contributed by atoms with Gasteiger partial charge in [0.05, 0.1) is 24.3 Å². The first-order valence-electron chi connectivity index (χ1n) is 7.99. The van der Waals surface area contributed by atoms with E-state index < -0.39 is 10.0 Å². The van der Waals surface area contributed by atoms with Crippen LogP contribution in [0, 0.1) is 0 Å². The number of ether oxygens (including phenoxy) is 1. The lowest BCUT2D eigenvalue weighted by Gasteiger charge is -2.26. The number of nitrogens with one attached hydrogen (secondary N) is 1. The molecule has 8 nitrogen and oxygen atoms in total. The van der Waals surface area contributed by atoms with Crippen molar-refractivity contribution < 1.29 is 13.2 Å². The number of halogens is 1. The predicted molar refractivity (Wildman–Crippen MR) is 97.3 cm³/mol. The number of hydrogen-bond acceptors (Lipinski definition) is 6. The molecule has 0 atom stereocenters. The highest BCUT2D eigenvalue weighted by Gasteiger charge is 2.26. The third-order valence-electron chi connectivity index (χ3n) is 4.06. The molecule has 1 saturated heterocycles. The van der Waals surface area contributed by atoms with Crippen molar-refractivity contribution in [1.29, 1.82) is 0 Å². The van der Waals surface area contributed by atoms with Gasteiger partial charge in [0, 0.05) is 30.9 Å². The van der Waals surface area contributed by atoms with Crippen LogP contribution in [0.3, 0.4) is 0 Å². The molecule has 0 aliphatic carbocycles. The summed E-state index contributed by atoms with van der Waals surface area (Å²) in [7, 11) is -3.51. The molecule has 26 heavy (non-hydrogen) atoms. The average Bonchev–Trinajstić information content (AvgIpc) is 3.11. The molecule has 3 aromatic rings. The summed E-state index contributed by atoms with van der Waals surface area (Å²) >= 11 is 6.03. The minimum atomic E-state index is -3.51. The van der Waals surface area contributed by atoms with Crippen molar-refractivity contribution in [2.24, 2.45) is 0 Å². The quantitative estimate of drug-likeness (QED) is 0.683. The summed E-state index contributed by atoms with van der Waals surface area (Å²) in [5, 5.41) is 7.71. The van der Waals surface area contributed by atoms with E-state index in [-0.39, 0.29) is 4.90 Å². The van der Waals surface area contributed by atoms with E-state index >= 15 is 0 Å². The molecule has 0 amide bonds. The van der Waals surface area contributed by atoms with E-state index in [1.165, 1.54) is 4.31 Å². The van der Waals surface area contributed by atoms with Gasteiger partial charge in [-0.25, -0.2) is 13.4 Å². The molecule has 0 unspecified atom stereocenters. The molecule has 0 saturated carbocycles. The summed E-state index contributed by atoms with van der Waals surface area (Å²) in [6.45, 7) is 1.58. The zero-order valence-electron chi connectivity index (χ0n) is 13.7. The fourth-order valence-corrected chi connectivity index (χ4v) is 4.36. The molecule has 1 aromatic carbocycles. The number of benzene rings is 1. The van der Waals surface area contributed by atoms with Crippen molar-refractivity contribution in [3.63, 3.8) is 0 Å². The van der Waals surface area contributed by atoms with E-state index in [1.807, 2.05) is 0 Å². The number of rotatable bonds is 4. The van der Waals surface area contributed by atoms with Gasteiger partial charge in [-0.3, -0.25) is 0 Å². The van der Waals surface area contributed by atoms with Crippen molar-refractivity contribution in [3.05, 3.63) is 47.7 Å². The van der Waals surface area contributed by atoms with Crippen molar-refractivity contribution in [2.75, 3.05) is 31.6 Å². The van der Waals surface area contributed by atoms with E-state index in [4.69, 9.17) is 16.3 Å². The van der Waals surface area contributed by atoms with Crippen LogP contribution in [0.5, 0.6) is 0 Å². The Labute approximate surface area is 155 Å². The van der Waals surface area contributed by atoms with Crippen LogP contribution in [0.4, 0.5) is 11.5 Å². The Bertz CT molecular complexity index is 1030. The molecule has 0 spiro atoms. The summed E-state index contributed by atoms with van der Waals surface area (Å²) in [6, 6.07) is 9.97. The fourth-order valence-electron chi connectivity index (χ4n) is 2.77. The van der Waals surface area contributed by atoms with Crippen molar-refractivity contribution in [3.8, 4) is 0 Å². The molecule has 136 valence electrons. The largest absolute Gasteiger partial charge is 0.379 e. The van der Waals surface area contributed by atoms with Gasteiger partial charge >= 0.3 is 0 Å². The molecule has 1 aliphatic rings. The molecule has 2 aromatic heterocycles. The Morgan fingerprint density at radius 2 is 1.85 bits per heavy atom. The van der Waals surface area contributed by atoms with Gasteiger partial charge in [0.1, 0.15) is 11.0 Å². The normalized spacial score (nSPS) is 16.0. The lowest BCUT2D eigenvalue weighted by atomic mass is 10.3. The minimum Gasteiger partial charge on any atom is -0.379 e. The second kappa shape index (κ2) is 6.84. The third kappa shape index (κ3) is 3.26. The zero-order valence-corrected chi connectivity index (χ0v) is 15.2. The Hall–Kier alpha value is -2.20. The Balaban J connectivity index is 1.59. The molecule has 1 N–H and O–H groups in total. The molecule has 0 radical (unpaired) electrons. The molecular formula is C16H16ClN5O3S. The van der Waals surface area contributed by atoms with Crippen LogP contribution in [0.1, 0.15) is 0 Å². The van der Waals surface area contributed by atoms with Crippen LogP contribution in [-0.4, -0.2) is 53.6 Å². The van der Waals surface area contributed by atoms with Crippen LogP contribution in [0.25, 0.3) is 5.65 Å². The lowest BCUT2D eigenvalue weighted by Crippen LogP contribution is -2.40. The molecular weight excluding hydrogens is 378 g/mol. The van der Waals surface area contributed by atoms with E-state index in [1.54, 1.807) is 47.1 Å². The van der Waals surface area contributed by atoms with Crippen LogP contribution in [-0.2, 0) is 14.8 Å². The van der Waals surface area contributed by atoms with Crippen molar-refractivity contribution >= 4 is 38.8 Å². The van der Waals surface area contributed by atoms with Crippen molar-refractivity contribution in [1.82, 2.24) is 18.9 Å². The second-order valence-electron chi connectivity index (χ2n) is 5.73. The van der Waals surface area contributed by atoms with Crippen LogP contribution >= 0.6 is 11.6 Å². The number of morpholine rings is 1.